The molecule has 0 saturated carbocycles. The molecule has 1 aliphatic heterocycles. The Morgan fingerprint density at radius 2 is 1.69 bits per heavy atom. The highest BCUT2D eigenvalue weighted by molar-refractivity contribution is 6.51. The van der Waals surface area contributed by atoms with Crippen LogP contribution >= 0.6 is 0 Å². The predicted octanol–water partition coefficient (Wildman–Crippen LogP) is 5.76. The summed E-state index contributed by atoms with van der Waals surface area (Å²) in [6, 6.07) is 19.0. The summed E-state index contributed by atoms with van der Waals surface area (Å²) in [4.78, 5) is 28.3. The molecule has 1 amide bonds. The summed E-state index contributed by atoms with van der Waals surface area (Å²) in [6.07, 6.45) is 0. The average molecular weight is 472 g/mol. The second kappa shape index (κ2) is 9.66. The number of ketones is 1. The molecule has 1 fully saturated rings. The van der Waals surface area contributed by atoms with Crippen LogP contribution in [0.25, 0.3) is 5.76 Å². The zero-order chi connectivity index (χ0) is 25.3. The van der Waals surface area contributed by atoms with Gasteiger partial charge >= 0.3 is 0 Å². The summed E-state index contributed by atoms with van der Waals surface area (Å²) in [5.74, 6) is -0.240. The minimum absolute atomic E-state index is 0.0337. The van der Waals surface area contributed by atoms with Crippen molar-refractivity contribution in [3.63, 3.8) is 0 Å². The fraction of sp³-hybridized carbons (Fsp3) is 0.241. The molecule has 0 spiro atoms. The summed E-state index contributed by atoms with van der Waals surface area (Å²) < 4.78 is 10.9. The number of carbonyl (C=O) groups excluding carboxylic acids is 2. The summed E-state index contributed by atoms with van der Waals surface area (Å²) in [7, 11) is 3.15. The molecule has 35 heavy (non-hydrogen) atoms. The molecule has 0 bridgehead atoms. The molecular formula is C29H29NO5. The van der Waals surface area contributed by atoms with Crippen molar-refractivity contribution in [3.8, 4) is 11.5 Å². The number of anilines is 1. The van der Waals surface area contributed by atoms with E-state index in [1.165, 1.54) is 4.90 Å². The molecular weight excluding hydrogens is 442 g/mol. The Morgan fingerprint density at radius 3 is 2.34 bits per heavy atom. The number of aryl methyl sites for hydroxylation is 1. The molecule has 1 atom stereocenters. The van der Waals surface area contributed by atoms with Gasteiger partial charge in [-0.3, -0.25) is 14.5 Å². The predicted molar refractivity (Wildman–Crippen MR) is 136 cm³/mol. The lowest BCUT2D eigenvalue weighted by molar-refractivity contribution is -0.132. The zero-order valence-corrected chi connectivity index (χ0v) is 20.5. The van der Waals surface area contributed by atoms with E-state index >= 15 is 0 Å². The third-order valence-electron chi connectivity index (χ3n) is 6.35. The largest absolute Gasteiger partial charge is 0.507 e. The maximum atomic E-state index is 13.4. The van der Waals surface area contributed by atoms with Crippen LogP contribution < -0.4 is 14.4 Å². The molecule has 1 saturated heterocycles. The third kappa shape index (κ3) is 4.28. The molecule has 1 heterocycles. The molecule has 3 aromatic rings. The highest BCUT2D eigenvalue weighted by Crippen LogP contribution is 2.44. The van der Waals surface area contributed by atoms with Crippen molar-refractivity contribution in [1.29, 1.82) is 0 Å². The van der Waals surface area contributed by atoms with Gasteiger partial charge in [-0.05, 0) is 65.9 Å². The maximum Gasteiger partial charge on any atom is 0.300 e. The smallest absolute Gasteiger partial charge is 0.300 e. The normalized spacial score (nSPS) is 17.2. The van der Waals surface area contributed by atoms with Crippen LogP contribution in [0, 0.1) is 6.92 Å². The molecule has 1 unspecified atom stereocenters. The number of aliphatic hydroxyl groups excluding tert-OH is 1. The minimum atomic E-state index is -0.823. The van der Waals surface area contributed by atoms with Crippen molar-refractivity contribution in [3.05, 3.63) is 94.6 Å². The van der Waals surface area contributed by atoms with Gasteiger partial charge in [-0.1, -0.05) is 44.2 Å². The Balaban J connectivity index is 1.98. The van der Waals surface area contributed by atoms with Crippen molar-refractivity contribution in [2.45, 2.75) is 32.7 Å². The topological polar surface area (TPSA) is 76.1 Å². The summed E-state index contributed by atoms with van der Waals surface area (Å²) in [5, 5.41) is 11.5. The van der Waals surface area contributed by atoms with Crippen molar-refractivity contribution in [2.24, 2.45) is 0 Å². The van der Waals surface area contributed by atoms with Gasteiger partial charge in [0.05, 0.1) is 25.8 Å². The van der Waals surface area contributed by atoms with E-state index in [1.807, 2.05) is 51.1 Å². The van der Waals surface area contributed by atoms with Gasteiger partial charge in [0.15, 0.2) is 0 Å². The van der Waals surface area contributed by atoms with Gasteiger partial charge in [0.1, 0.15) is 17.3 Å². The van der Waals surface area contributed by atoms with Gasteiger partial charge in [0.25, 0.3) is 11.7 Å². The highest BCUT2D eigenvalue weighted by atomic mass is 16.5. The number of hydrogen-bond acceptors (Lipinski definition) is 5. The number of para-hydroxylation sites is 1. The van der Waals surface area contributed by atoms with Crippen LogP contribution in [-0.2, 0) is 9.59 Å². The van der Waals surface area contributed by atoms with E-state index in [4.69, 9.17) is 9.47 Å². The van der Waals surface area contributed by atoms with E-state index in [0.29, 0.717) is 28.3 Å². The molecule has 1 N–H and O–H groups in total. The Morgan fingerprint density at radius 1 is 0.943 bits per heavy atom. The molecule has 180 valence electrons. The van der Waals surface area contributed by atoms with Gasteiger partial charge in [0.2, 0.25) is 0 Å². The van der Waals surface area contributed by atoms with Crippen LogP contribution in [0.3, 0.4) is 0 Å². The second-order valence-electron chi connectivity index (χ2n) is 8.84. The number of methoxy groups -OCH3 is 2. The molecule has 1 aliphatic rings. The van der Waals surface area contributed by atoms with Gasteiger partial charge < -0.3 is 14.6 Å². The molecule has 6 nitrogen and oxygen atoms in total. The highest BCUT2D eigenvalue weighted by Gasteiger charge is 2.47. The lowest BCUT2D eigenvalue weighted by atomic mass is 9.93. The Bertz CT molecular complexity index is 1320. The molecule has 3 aromatic carbocycles. The molecule has 4 rings (SSSR count). The third-order valence-corrected chi connectivity index (χ3v) is 6.35. The standard InChI is InChI=1S/C29H29NO5/c1-17(2)22-16-20(13-14-24(22)35-5)27(31)25-26(19-10-8-11-21(15-19)34-4)30(29(33)28(25)32)23-12-7-6-9-18(23)3/h6-17,26,31H,1-5H3/b27-25-. The van der Waals surface area contributed by atoms with Gasteiger partial charge in [-0.25, -0.2) is 0 Å². The molecule has 0 aliphatic carbocycles. The van der Waals surface area contributed by atoms with Crippen molar-refractivity contribution < 1.29 is 24.2 Å². The fourth-order valence-corrected chi connectivity index (χ4v) is 4.53. The van der Waals surface area contributed by atoms with Crippen LogP contribution in [0.5, 0.6) is 11.5 Å². The van der Waals surface area contributed by atoms with Crippen LogP contribution in [0.4, 0.5) is 5.69 Å². The molecule has 0 radical (unpaired) electrons. The maximum absolute atomic E-state index is 13.4. The van der Waals surface area contributed by atoms with E-state index in [9.17, 15) is 14.7 Å². The second-order valence-corrected chi connectivity index (χ2v) is 8.84. The Labute approximate surface area is 205 Å². The SMILES string of the molecule is COc1cccc(C2/C(=C(/O)c3ccc(OC)c(C(C)C)c3)C(=O)C(=O)N2c2ccccc2C)c1. The lowest BCUT2D eigenvalue weighted by Crippen LogP contribution is -2.30. The summed E-state index contributed by atoms with van der Waals surface area (Å²) in [5.41, 5.74) is 3.48. The number of amides is 1. The van der Waals surface area contributed by atoms with E-state index in [1.54, 1.807) is 50.6 Å². The number of benzene rings is 3. The number of aliphatic hydroxyl groups is 1. The number of rotatable bonds is 6. The Kier molecular flexibility index (Phi) is 6.65. The number of carbonyl (C=O) groups is 2. The van der Waals surface area contributed by atoms with Crippen LogP contribution in [0.1, 0.15) is 48.1 Å². The van der Waals surface area contributed by atoms with Crippen molar-refractivity contribution in [2.75, 3.05) is 19.1 Å². The van der Waals surface area contributed by atoms with Crippen LogP contribution in [0.15, 0.2) is 72.3 Å². The zero-order valence-electron chi connectivity index (χ0n) is 20.5. The fourth-order valence-electron chi connectivity index (χ4n) is 4.53. The first-order valence-electron chi connectivity index (χ1n) is 11.5. The number of ether oxygens (including phenoxy) is 2. The number of hydrogen-bond donors (Lipinski definition) is 1. The first-order valence-corrected chi connectivity index (χ1v) is 11.5. The van der Waals surface area contributed by atoms with Gasteiger partial charge in [-0.2, -0.15) is 0 Å². The van der Waals surface area contributed by atoms with E-state index in [0.717, 1.165) is 11.1 Å². The van der Waals surface area contributed by atoms with Crippen LogP contribution in [-0.4, -0.2) is 31.0 Å². The summed E-state index contributed by atoms with van der Waals surface area (Å²) >= 11 is 0. The van der Waals surface area contributed by atoms with Crippen molar-refractivity contribution in [1.82, 2.24) is 0 Å². The monoisotopic (exact) mass is 471 g/mol. The number of Topliss-reactive ketones (excluding diaryl/α,β-unsaturated/α-hetero) is 1. The summed E-state index contributed by atoms with van der Waals surface area (Å²) in [6.45, 7) is 5.93. The van der Waals surface area contributed by atoms with Gasteiger partial charge in [-0.15, -0.1) is 0 Å². The molecule has 0 aromatic heterocycles. The number of nitrogens with zero attached hydrogens (tertiary/aromatic N) is 1. The Hall–Kier alpha value is -4.06. The minimum Gasteiger partial charge on any atom is -0.507 e. The van der Waals surface area contributed by atoms with Crippen LogP contribution in [0.2, 0.25) is 0 Å². The first kappa shape index (κ1) is 24.1. The van der Waals surface area contributed by atoms with Crippen molar-refractivity contribution >= 4 is 23.1 Å². The molecule has 6 heteroatoms. The first-order chi connectivity index (χ1) is 16.8. The van der Waals surface area contributed by atoms with E-state index in [-0.39, 0.29) is 17.3 Å². The average Bonchev–Trinajstić information content (AvgIpc) is 3.13. The quantitative estimate of drug-likeness (QED) is 0.281. The van der Waals surface area contributed by atoms with E-state index < -0.39 is 17.7 Å². The van der Waals surface area contributed by atoms with Gasteiger partial charge in [0, 0.05) is 11.3 Å². The lowest BCUT2D eigenvalue weighted by Gasteiger charge is -2.27. The van der Waals surface area contributed by atoms with E-state index in [2.05, 4.69) is 0 Å².